The minimum Gasteiger partial charge on any atom is -0.193 e. The molecule has 0 heterocycles. The van der Waals surface area contributed by atoms with Gasteiger partial charge < -0.3 is 0 Å². The zero-order valence-electron chi connectivity index (χ0n) is 7.12. The summed E-state index contributed by atoms with van der Waals surface area (Å²) in [5.41, 5.74) is 1.75. The van der Waals surface area contributed by atoms with Gasteiger partial charge in [0, 0.05) is 11.5 Å². The Kier molecular flexibility index (Phi) is 2.66. The number of allylic oxidation sites excluding steroid dienone is 1. The Balaban J connectivity index is 2.87. The van der Waals surface area contributed by atoms with Crippen LogP contribution in [0.3, 0.4) is 0 Å². The van der Waals surface area contributed by atoms with Crippen molar-refractivity contribution in [2.75, 3.05) is 0 Å². The summed E-state index contributed by atoms with van der Waals surface area (Å²) in [7, 11) is 0. The third kappa shape index (κ3) is 1.73. The van der Waals surface area contributed by atoms with E-state index in [4.69, 9.17) is 5.26 Å². The molecular formula is C11H11N. The number of hydrogen-bond donors (Lipinski definition) is 0. The van der Waals surface area contributed by atoms with Crippen LogP contribution >= 0.6 is 0 Å². The molecular weight excluding hydrogens is 146 g/mol. The van der Waals surface area contributed by atoms with Gasteiger partial charge in [0.05, 0.1) is 6.07 Å². The van der Waals surface area contributed by atoms with E-state index in [1.807, 2.05) is 37.3 Å². The summed E-state index contributed by atoms with van der Waals surface area (Å²) in [6, 6.07) is 12.0. The van der Waals surface area contributed by atoms with Crippen LogP contribution in [0.5, 0.6) is 0 Å². The molecule has 0 aliphatic rings. The van der Waals surface area contributed by atoms with Gasteiger partial charge in [0.25, 0.3) is 0 Å². The molecule has 0 aliphatic carbocycles. The molecule has 0 fully saturated rings. The van der Waals surface area contributed by atoms with Gasteiger partial charge >= 0.3 is 0 Å². The number of nitrogens with zero attached hydrogens (tertiary/aromatic N) is 1. The first-order chi connectivity index (χ1) is 5.75. The van der Waals surface area contributed by atoms with E-state index in [9.17, 15) is 0 Å². The van der Waals surface area contributed by atoms with Crippen molar-refractivity contribution in [3.8, 4) is 6.07 Å². The highest BCUT2D eigenvalue weighted by Crippen LogP contribution is 2.20. The van der Waals surface area contributed by atoms with Crippen LogP contribution in [-0.2, 0) is 0 Å². The number of nitriles is 1. The van der Waals surface area contributed by atoms with E-state index in [1.165, 1.54) is 0 Å². The van der Waals surface area contributed by atoms with Crippen LogP contribution < -0.4 is 0 Å². The fraction of sp³-hybridized carbons (Fsp3) is 0.182. The number of rotatable bonds is 2. The number of hydrogen-bond acceptors (Lipinski definition) is 1. The first kappa shape index (κ1) is 8.55. The van der Waals surface area contributed by atoms with E-state index < -0.39 is 0 Å². The number of benzene rings is 1. The van der Waals surface area contributed by atoms with E-state index in [0.29, 0.717) is 5.57 Å². The van der Waals surface area contributed by atoms with Crippen molar-refractivity contribution in [3.63, 3.8) is 0 Å². The summed E-state index contributed by atoms with van der Waals surface area (Å²) in [4.78, 5) is 0. The SMILES string of the molecule is C=C(C#N)[C@@H](C)c1ccccc1. The minimum absolute atomic E-state index is 0.135. The third-order valence-electron chi connectivity index (χ3n) is 1.97. The summed E-state index contributed by atoms with van der Waals surface area (Å²) in [6.07, 6.45) is 0. The fourth-order valence-electron chi connectivity index (χ4n) is 1.04. The highest BCUT2D eigenvalue weighted by molar-refractivity contribution is 5.33. The molecule has 1 aromatic carbocycles. The molecule has 0 amide bonds. The van der Waals surface area contributed by atoms with E-state index in [0.717, 1.165) is 5.56 Å². The molecule has 1 nitrogen and oxygen atoms in total. The Hall–Kier alpha value is -1.55. The standard InChI is InChI=1S/C11H11N/c1-9(8-12)10(2)11-6-4-3-5-7-11/h3-7,10H,1H2,2H3/t10-/m1/s1. The van der Waals surface area contributed by atoms with Gasteiger partial charge in [-0.25, -0.2) is 0 Å². The Morgan fingerprint density at radius 1 is 1.42 bits per heavy atom. The third-order valence-corrected chi connectivity index (χ3v) is 1.97. The van der Waals surface area contributed by atoms with Crippen LogP contribution in [0.2, 0.25) is 0 Å². The first-order valence-electron chi connectivity index (χ1n) is 3.89. The Morgan fingerprint density at radius 3 is 2.50 bits per heavy atom. The van der Waals surface area contributed by atoms with Crippen molar-refractivity contribution in [1.82, 2.24) is 0 Å². The Bertz CT molecular complexity index is 306. The summed E-state index contributed by atoms with van der Waals surface area (Å²) in [5, 5.41) is 8.62. The van der Waals surface area contributed by atoms with Crippen molar-refractivity contribution in [1.29, 1.82) is 5.26 Å². The van der Waals surface area contributed by atoms with Gasteiger partial charge in [-0.2, -0.15) is 5.26 Å². The maximum absolute atomic E-state index is 8.62. The van der Waals surface area contributed by atoms with Crippen LogP contribution in [0, 0.1) is 11.3 Å². The topological polar surface area (TPSA) is 23.8 Å². The van der Waals surface area contributed by atoms with Crippen molar-refractivity contribution >= 4 is 0 Å². The smallest absolute Gasteiger partial charge is 0.0947 e. The second-order valence-corrected chi connectivity index (χ2v) is 2.77. The zero-order chi connectivity index (χ0) is 8.97. The molecule has 0 saturated carbocycles. The molecule has 0 unspecified atom stereocenters. The van der Waals surface area contributed by atoms with Gasteiger partial charge in [0.2, 0.25) is 0 Å². The maximum atomic E-state index is 8.62. The Morgan fingerprint density at radius 2 is 2.00 bits per heavy atom. The zero-order valence-corrected chi connectivity index (χ0v) is 7.12. The average Bonchev–Trinajstić information content (AvgIpc) is 2.17. The Labute approximate surface area is 73.0 Å². The van der Waals surface area contributed by atoms with Crippen LogP contribution in [0.1, 0.15) is 18.4 Å². The van der Waals surface area contributed by atoms with Gasteiger partial charge in [-0.3, -0.25) is 0 Å². The molecule has 1 heteroatoms. The van der Waals surface area contributed by atoms with Crippen molar-refractivity contribution < 1.29 is 0 Å². The second kappa shape index (κ2) is 3.73. The molecule has 0 saturated heterocycles. The van der Waals surface area contributed by atoms with Crippen molar-refractivity contribution in [2.45, 2.75) is 12.8 Å². The van der Waals surface area contributed by atoms with Crippen molar-refractivity contribution in [3.05, 3.63) is 48.0 Å². The van der Waals surface area contributed by atoms with Crippen LogP contribution in [0.4, 0.5) is 0 Å². The molecule has 0 N–H and O–H groups in total. The average molecular weight is 157 g/mol. The van der Waals surface area contributed by atoms with E-state index >= 15 is 0 Å². The van der Waals surface area contributed by atoms with Gasteiger partial charge in [0.15, 0.2) is 0 Å². The van der Waals surface area contributed by atoms with Crippen LogP contribution in [0.25, 0.3) is 0 Å². The largest absolute Gasteiger partial charge is 0.193 e. The molecule has 60 valence electrons. The van der Waals surface area contributed by atoms with Crippen LogP contribution in [0.15, 0.2) is 42.5 Å². The molecule has 0 aliphatic heterocycles. The first-order valence-corrected chi connectivity index (χ1v) is 3.89. The molecule has 12 heavy (non-hydrogen) atoms. The molecule has 1 atom stereocenters. The lowest BCUT2D eigenvalue weighted by Gasteiger charge is -2.08. The highest BCUT2D eigenvalue weighted by atomic mass is 14.3. The molecule has 0 radical (unpaired) electrons. The fourth-order valence-corrected chi connectivity index (χ4v) is 1.04. The summed E-state index contributed by atoms with van der Waals surface area (Å²) in [5.74, 6) is 0.135. The predicted molar refractivity (Wildman–Crippen MR) is 49.6 cm³/mol. The van der Waals surface area contributed by atoms with E-state index in [-0.39, 0.29) is 5.92 Å². The molecule has 1 rings (SSSR count). The molecule has 0 bridgehead atoms. The lowest BCUT2D eigenvalue weighted by Crippen LogP contribution is -1.93. The van der Waals surface area contributed by atoms with E-state index in [1.54, 1.807) is 0 Å². The molecule has 1 aromatic rings. The summed E-state index contributed by atoms with van der Waals surface area (Å²) in [6.45, 7) is 5.68. The summed E-state index contributed by atoms with van der Waals surface area (Å²) >= 11 is 0. The molecule has 0 aromatic heterocycles. The monoisotopic (exact) mass is 157 g/mol. The van der Waals surface area contributed by atoms with Gasteiger partial charge in [-0.05, 0) is 5.56 Å². The van der Waals surface area contributed by atoms with Gasteiger partial charge in [-0.15, -0.1) is 0 Å². The predicted octanol–water partition coefficient (Wildman–Crippen LogP) is 2.87. The van der Waals surface area contributed by atoms with Gasteiger partial charge in [0.1, 0.15) is 0 Å². The normalized spacial score (nSPS) is 11.7. The molecule has 0 spiro atoms. The summed E-state index contributed by atoms with van der Waals surface area (Å²) < 4.78 is 0. The van der Waals surface area contributed by atoms with Crippen molar-refractivity contribution in [2.24, 2.45) is 0 Å². The minimum atomic E-state index is 0.135. The lowest BCUT2D eigenvalue weighted by molar-refractivity contribution is 0.930. The second-order valence-electron chi connectivity index (χ2n) is 2.77. The van der Waals surface area contributed by atoms with Crippen LogP contribution in [-0.4, -0.2) is 0 Å². The maximum Gasteiger partial charge on any atom is 0.0947 e. The highest BCUT2D eigenvalue weighted by Gasteiger charge is 2.06. The van der Waals surface area contributed by atoms with Gasteiger partial charge in [-0.1, -0.05) is 43.8 Å². The quantitative estimate of drug-likeness (QED) is 0.605. The lowest BCUT2D eigenvalue weighted by atomic mass is 9.95. The van der Waals surface area contributed by atoms with E-state index in [2.05, 4.69) is 12.6 Å².